The molecule has 1 atom stereocenters. The lowest BCUT2D eigenvalue weighted by Gasteiger charge is -2.25. The molecule has 0 saturated carbocycles. The molecule has 9 heteroatoms. The summed E-state index contributed by atoms with van der Waals surface area (Å²) in [6.45, 7) is 3.79. The first-order valence-corrected chi connectivity index (χ1v) is 10.3. The van der Waals surface area contributed by atoms with E-state index in [1.165, 1.54) is 0 Å². The monoisotopic (exact) mass is 433 g/mol. The van der Waals surface area contributed by atoms with Gasteiger partial charge in [0.25, 0.3) is 5.91 Å². The van der Waals surface area contributed by atoms with Gasteiger partial charge in [-0.2, -0.15) is 5.01 Å². The molecule has 1 saturated heterocycles. The first kappa shape index (κ1) is 21.2. The number of carbonyl (C=O) groups is 3. The Balaban J connectivity index is 1.39. The minimum Gasteiger partial charge on any atom is -0.421 e. The number of imide groups is 1. The van der Waals surface area contributed by atoms with Crippen LogP contribution < -0.4 is 10.7 Å². The van der Waals surface area contributed by atoms with Gasteiger partial charge in [-0.25, -0.2) is 4.79 Å². The molecule has 0 bridgehead atoms. The van der Waals surface area contributed by atoms with Gasteiger partial charge in [0.1, 0.15) is 5.54 Å². The summed E-state index contributed by atoms with van der Waals surface area (Å²) in [7, 11) is 0. The molecule has 32 heavy (non-hydrogen) atoms. The van der Waals surface area contributed by atoms with E-state index < -0.39 is 23.4 Å². The Kier molecular flexibility index (Phi) is 5.72. The van der Waals surface area contributed by atoms with Gasteiger partial charge in [-0.05, 0) is 31.0 Å². The van der Waals surface area contributed by atoms with Crippen molar-refractivity contribution >= 4 is 17.8 Å². The number of urea groups is 1. The zero-order valence-electron chi connectivity index (χ0n) is 17.8. The predicted octanol–water partition coefficient (Wildman–Crippen LogP) is 2.87. The summed E-state index contributed by atoms with van der Waals surface area (Å²) in [6, 6.07) is 15.9. The third kappa shape index (κ3) is 3.96. The van der Waals surface area contributed by atoms with Crippen LogP contribution in [0.5, 0.6) is 0 Å². The lowest BCUT2D eigenvalue weighted by atomic mass is 9.87. The molecular formula is C23H23N5O4. The van der Waals surface area contributed by atoms with Crippen molar-refractivity contribution in [3.63, 3.8) is 0 Å². The zero-order valence-corrected chi connectivity index (χ0v) is 17.8. The van der Waals surface area contributed by atoms with Gasteiger partial charge < -0.3 is 9.73 Å². The summed E-state index contributed by atoms with van der Waals surface area (Å²) in [6.07, 6.45) is 0.487. The molecule has 1 aromatic heterocycles. The first-order chi connectivity index (χ1) is 15.4. The minimum absolute atomic E-state index is 0.0307. The van der Waals surface area contributed by atoms with Crippen molar-refractivity contribution in [3.8, 4) is 11.5 Å². The van der Waals surface area contributed by atoms with Crippen LogP contribution in [0.3, 0.4) is 0 Å². The highest BCUT2D eigenvalue weighted by Crippen LogP contribution is 2.31. The number of amides is 4. The molecule has 4 rings (SSSR count). The van der Waals surface area contributed by atoms with E-state index in [-0.39, 0.29) is 12.8 Å². The largest absolute Gasteiger partial charge is 0.421 e. The first-order valence-electron chi connectivity index (χ1n) is 10.3. The van der Waals surface area contributed by atoms with Gasteiger partial charge in [0.05, 0.1) is 0 Å². The lowest BCUT2D eigenvalue weighted by molar-refractivity contribution is -0.139. The van der Waals surface area contributed by atoms with Crippen LogP contribution in [0.25, 0.3) is 11.5 Å². The van der Waals surface area contributed by atoms with Gasteiger partial charge in [0.15, 0.2) is 0 Å². The zero-order chi connectivity index (χ0) is 22.7. The van der Waals surface area contributed by atoms with E-state index in [9.17, 15) is 14.4 Å². The number of rotatable bonds is 7. The summed E-state index contributed by atoms with van der Waals surface area (Å²) >= 11 is 0. The van der Waals surface area contributed by atoms with E-state index >= 15 is 0 Å². The molecule has 2 N–H and O–H groups in total. The van der Waals surface area contributed by atoms with Gasteiger partial charge in [0, 0.05) is 18.4 Å². The second-order valence-electron chi connectivity index (χ2n) is 7.60. The number of benzene rings is 2. The van der Waals surface area contributed by atoms with Crippen LogP contribution in [-0.4, -0.2) is 33.1 Å². The second-order valence-corrected chi connectivity index (χ2v) is 7.60. The highest BCUT2D eigenvalue weighted by molar-refractivity contribution is 6.08. The average molecular weight is 433 g/mol. The fourth-order valence-electron chi connectivity index (χ4n) is 3.61. The molecular weight excluding hydrogens is 410 g/mol. The van der Waals surface area contributed by atoms with Gasteiger partial charge in [-0.1, -0.05) is 55.0 Å². The normalized spacial score (nSPS) is 18.0. The van der Waals surface area contributed by atoms with Crippen molar-refractivity contribution in [1.82, 2.24) is 25.9 Å². The summed E-state index contributed by atoms with van der Waals surface area (Å²) in [5, 5.41) is 11.4. The fraction of sp³-hybridized carbons (Fsp3) is 0.261. The molecule has 1 fully saturated rings. The summed E-state index contributed by atoms with van der Waals surface area (Å²) < 4.78 is 5.62. The predicted molar refractivity (Wildman–Crippen MR) is 115 cm³/mol. The van der Waals surface area contributed by atoms with Crippen LogP contribution >= 0.6 is 0 Å². The Morgan fingerprint density at radius 1 is 1.09 bits per heavy atom. The molecule has 2 heterocycles. The summed E-state index contributed by atoms with van der Waals surface area (Å²) in [5.74, 6) is -0.377. The van der Waals surface area contributed by atoms with Crippen molar-refractivity contribution in [2.75, 3.05) is 0 Å². The lowest BCUT2D eigenvalue weighted by Crippen LogP contribution is -2.48. The van der Waals surface area contributed by atoms with Crippen molar-refractivity contribution in [1.29, 1.82) is 0 Å². The van der Waals surface area contributed by atoms with E-state index in [1.54, 1.807) is 31.2 Å². The van der Waals surface area contributed by atoms with Gasteiger partial charge in [-0.15, -0.1) is 10.2 Å². The van der Waals surface area contributed by atoms with Crippen LogP contribution in [0.1, 0.15) is 36.8 Å². The maximum atomic E-state index is 13.1. The molecule has 164 valence electrons. The number of aromatic nitrogens is 2. The SMILES string of the molecule is CCC1(c2ccccc2)NC(=O)N(NC(=O)CCc2nnc(-c3ccc(C)cc3)o2)C1=O. The van der Waals surface area contributed by atoms with E-state index in [4.69, 9.17) is 4.42 Å². The Hall–Kier alpha value is -4.01. The highest BCUT2D eigenvalue weighted by atomic mass is 16.4. The second kappa shape index (κ2) is 8.62. The summed E-state index contributed by atoms with van der Waals surface area (Å²) in [4.78, 5) is 38.0. The number of carbonyl (C=O) groups excluding carboxylic acids is 3. The molecule has 0 aliphatic carbocycles. The molecule has 0 spiro atoms. The molecule has 4 amide bonds. The Morgan fingerprint density at radius 3 is 2.50 bits per heavy atom. The van der Waals surface area contributed by atoms with Gasteiger partial charge >= 0.3 is 6.03 Å². The van der Waals surface area contributed by atoms with Crippen molar-refractivity contribution in [2.24, 2.45) is 0 Å². The van der Waals surface area contributed by atoms with Crippen LogP contribution in [0.4, 0.5) is 4.79 Å². The van der Waals surface area contributed by atoms with E-state index in [1.807, 2.05) is 37.3 Å². The Labute approximate surface area is 184 Å². The quantitative estimate of drug-likeness (QED) is 0.553. The van der Waals surface area contributed by atoms with E-state index in [2.05, 4.69) is 20.9 Å². The topological polar surface area (TPSA) is 117 Å². The Morgan fingerprint density at radius 2 is 1.81 bits per heavy atom. The molecule has 0 radical (unpaired) electrons. The number of hydrogen-bond donors (Lipinski definition) is 2. The Bertz CT molecular complexity index is 1140. The van der Waals surface area contributed by atoms with E-state index in [0.717, 1.165) is 16.1 Å². The molecule has 3 aromatic rings. The molecule has 1 aliphatic rings. The van der Waals surface area contributed by atoms with Crippen LogP contribution in [0.2, 0.25) is 0 Å². The smallest absolute Gasteiger partial charge is 0.344 e. The van der Waals surface area contributed by atoms with Crippen LogP contribution in [0, 0.1) is 6.92 Å². The van der Waals surface area contributed by atoms with Gasteiger partial charge in [-0.3, -0.25) is 15.0 Å². The molecule has 9 nitrogen and oxygen atoms in total. The minimum atomic E-state index is -1.21. The molecule has 1 unspecified atom stereocenters. The van der Waals surface area contributed by atoms with Crippen LogP contribution in [0.15, 0.2) is 59.0 Å². The van der Waals surface area contributed by atoms with Crippen molar-refractivity contribution in [3.05, 3.63) is 71.6 Å². The third-order valence-corrected chi connectivity index (χ3v) is 5.46. The van der Waals surface area contributed by atoms with Crippen molar-refractivity contribution in [2.45, 2.75) is 38.6 Å². The number of aryl methyl sites for hydroxylation is 2. The van der Waals surface area contributed by atoms with E-state index in [0.29, 0.717) is 23.8 Å². The summed E-state index contributed by atoms with van der Waals surface area (Å²) in [5.41, 5.74) is 3.75. The highest BCUT2D eigenvalue weighted by Gasteiger charge is 2.52. The number of nitrogens with one attached hydrogen (secondary N) is 2. The molecule has 2 aromatic carbocycles. The van der Waals surface area contributed by atoms with Crippen molar-refractivity contribution < 1.29 is 18.8 Å². The fourth-order valence-corrected chi connectivity index (χ4v) is 3.61. The van der Waals surface area contributed by atoms with Gasteiger partial charge in [0.2, 0.25) is 17.7 Å². The standard InChI is InChI=1S/C23H23N5O4/c1-3-23(17-7-5-4-6-8-17)21(30)28(22(31)24-23)27-18(29)13-14-19-25-26-20(32-19)16-11-9-15(2)10-12-16/h4-12H,3,13-14H2,1-2H3,(H,24,31)(H,27,29). The third-order valence-electron chi connectivity index (χ3n) is 5.46. The maximum absolute atomic E-state index is 13.1. The number of nitrogens with zero attached hydrogens (tertiary/aromatic N) is 3. The van der Waals surface area contributed by atoms with Crippen LogP contribution in [-0.2, 0) is 21.5 Å². The average Bonchev–Trinajstić information content (AvgIpc) is 3.38. The number of hydrazine groups is 1. The number of hydrogen-bond acceptors (Lipinski definition) is 6. The maximum Gasteiger partial charge on any atom is 0.344 e. The molecule has 1 aliphatic heterocycles.